The topological polar surface area (TPSA) is 52.6 Å². The monoisotopic (exact) mass is 330 g/mol. The first-order valence-electron chi connectivity index (χ1n) is 9.44. The minimum absolute atomic E-state index is 0.564. The quantitative estimate of drug-likeness (QED) is 0.870. The normalized spacial score (nSPS) is 27.7. The van der Waals surface area contributed by atoms with Gasteiger partial charge in [0, 0.05) is 19.1 Å². The molecule has 1 heterocycles. The number of likely N-dealkylation sites (N-methyl/N-ethyl adjacent to an activating group) is 1. The summed E-state index contributed by atoms with van der Waals surface area (Å²) in [5.41, 5.74) is 0.728. The highest BCUT2D eigenvalue weighted by Crippen LogP contribution is 2.38. The zero-order valence-corrected chi connectivity index (χ0v) is 14.7. The lowest BCUT2D eigenvalue weighted by Crippen LogP contribution is -2.60. The van der Waals surface area contributed by atoms with Crippen molar-refractivity contribution in [2.75, 3.05) is 19.6 Å². The number of hydrogen-bond donors (Lipinski definition) is 2. The van der Waals surface area contributed by atoms with E-state index >= 15 is 0 Å². The average molecular weight is 330 g/mol. The average Bonchev–Trinajstić information content (AvgIpc) is 2.63. The largest absolute Gasteiger partial charge is 0.480 e. The van der Waals surface area contributed by atoms with E-state index in [1.165, 1.54) is 31.2 Å². The number of benzene rings is 1. The van der Waals surface area contributed by atoms with Gasteiger partial charge in [0.2, 0.25) is 0 Å². The molecule has 0 radical (unpaired) electrons. The molecule has 1 saturated heterocycles. The Morgan fingerprint density at radius 3 is 2.50 bits per heavy atom. The fourth-order valence-corrected chi connectivity index (χ4v) is 4.68. The van der Waals surface area contributed by atoms with Gasteiger partial charge in [0.25, 0.3) is 0 Å². The molecule has 1 aliphatic carbocycles. The van der Waals surface area contributed by atoms with E-state index in [-0.39, 0.29) is 0 Å². The highest BCUT2D eigenvalue weighted by Gasteiger charge is 2.43. The van der Waals surface area contributed by atoms with E-state index in [2.05, 4.69) is 40.5 Å². The third kappa shape index (κ3) is 3.50. The van der Waals surface area contributed by atoms with Crippen molar-refractivity contribution in [3.63, 3.8) is 0 Å². The van der Waals surface area contributed by atoms with Crippen LogP contribution in [-0.2, 0) is 4.79 Å². The van der Waals surface area contributed by atoms with Gasteiger partial charge in [0.15, 0.2) is 0 Å². The van der Waals surface area contributed by atoms with Crippen LogP contribution in [0.4, 0.5) is 0 Å². The summed E-state index contributed by atoms with van der Waals surface area (Å²) in [4.78, 5) is 14.3. The predicted molar refractivity (Wildman–Crippen MR) is 96.3 cm³/mol. The maximum atomic E-state index is 11.8. The number of nitrogens with one attached hydrogen (secondary N) is 1. The van der Waals surface area contributed by atoms with Crippen molar-refractivity contribution in [1.29, 1.82) is 0 Å². The molecule has 1 aromatic rings. The van der Waals surface area contributed by atoms with Crippen molar-refractivity contribution in [3.8, 4) is 0 Å². The van der Waals surface area contributed by atoms with Crippen LogP contribution in [0.2, 0.25) is 0 Å². The number of carbonyl (C=O) groups is 1. The molecule has 2 N–H and O–H groups in total. The number of rotatable bonds is 5. The summed E-state index contributed by atoms with van der Waals surface area (Å²) >= 11 is 0. The predicted octanol–water partition coefficient (Wildman–Crippen LogP) is 3.24. The number of aliphatic carboxylic acids is 1. The van der Waals surface area contributed by atoms with Crippen LogP contribution in [0.15, 0.2) is 30.3 Å². The standard InChI is InChI=1S/C20H30N2O2/c1-2-21-20(19(23)24)12-14-22(15-13-20)18-11-7-6-10-17(18)16-8-4-3-5-9-16/h3-5,8-9,17-18,21H,2,6-7,10-15H2,1H3,(H,23,24). The Morgan fingerprint density at radius 2 is 1.88 bits per heavy atom. The minimum Gasteiger partial charge on any atom is -0.480 e. The molecule has 1 aromatic carbocycles. The van der Waals surface area contributed by atoms with Crippen LogP contribution in [0.1, 0.15) is 56.9 Å². The SMILES string of the molecule is CCNC1(C(=O)O)CCN(C2CCCCC2c2ccccc2)CC1. The lowest BCUT2D eigenvalue weighted by Gasteiger charge is -2.46. The van der Waals surface area contributed by atoms with Gasteiger partial charge in [-0.25, -0.2) is 0 Å². The van der Waals surface area contributed by atoms with Crippen LogP contribution >= 0.6 is 0 Å². The molecule has 4 nitrogen and oxygen atoms in total. The molecule has 132 valence electrons. The van der Waals surface area contributed by atoms with Gasteiger partial charge in [-0.15, -0.1) is 0 Å². The van der Waals surface area contributed by atoms with Gasteiger partial charge < -0.3 is 10.4 Å². The molecule has 4 heteroatoms. The molecular weight excluding hydrogens is 300 g/mol. The Bertz CT molecular complexity index is 538. The second-order valence-corrected chi connectivity index (χ2v) is 7.32. The van der Waals surface area contributed by atoms with Crippen molar-refractivity contribution in [3.05, 3.63) is 35.9 Å². The van der Waals surface area contributed by atoms with Gasteiger partial charge in [-0.3, -0.25) is 9.69 Å². The maximum Gasteiger partial charge on any atom is 0.323 e. The van der Waals surface area contributed by atoms with Crippen LogP contribution in [0.5, 0.6) is 0 Å². The molecule has 1 saturated carbocycles. The van der Waals surface area contributed by atoms with Crippen LogP contribution in [-0.4, -0.2) is 47.2 Å². The van der Waals surface area contributed by atoms with E-state index in [4.69, 9.17) is 0 Å². The summed E-state index contributed by atoms with van der Waals surface area (Å²) in [5, 5.41) is 12.9. The van der Waals surface area contributed by atoms with Crippen LogP contribution in [0, 0.1) is 0 Å². The smallest absolute Gasteiger partial charge is 0.323 e. The maximum absolute atomic E-state index is 11.8. The van der Waals surface area contributed by atoms with Gasteiger partial charge in [0.1, 0.15) is 5.54 Å². The summed E-state index contributed by atoms with van der Waals surface area (Å²) in [6.45, 7) is 4.46. The number of carboxylic acid groups (broad SMARTS) is 1. The second kappa shape index (κ2) is 7.66. The summed E-state index contributed by atoms with van der Waals surface area (Å²) in [5.74, 6) is -0.0938. The molecule has 2 unspecified atom stereocenters. The number of hydrogen-bond acceptors (Lipinski definition) is 3. The molecule has 24 heavy (non-hydrogen) atoms. The Labute approximate surface area is 145 Å². The zero-order valence-electron chi connectivity index (χ0n) is 14.7. The van der Waals surface area contributed by atoms with Crippen molar-refractivity contribution >= 4 is 5.97 Å². The van der Waals surface area contributed by atoms with Gasteiger partial charge in [-0.1, -0.05) is 50.1 Å². The number of likely N-dealkylation sites (tertiary alicyclic amines) is 1. The minimum atomic E-state index is -0.720. The second-order valence-electron chi connectivity index (χ2n) is 7.32. The van der Waals surface area contributed by atoms with Crippen molar-refractivity contribution in [1.82, 2.24) is 10.2 Å². The summed E-state index contributed by atoms with van der Waals surface area (Å²) in [7, 11) is 0. The summed E-state index contributed by atoms with van der Waals surface area (Å²) < 4.78 is 0. The zero-order chi connectivity index (χ0) is 17.0. The first-order valence-corrected chi connectivity index (χ1v) is 9.44. The molecule has 0 amide bonds. The van der Waals surface area contributed by atoms with Crippen molar-refractivity contribution in [2.45, 2.75) is 62.9 Å². The first-order chi connectivity index (χ1) is 11.7. The lowest BCUT2D eigenvalue weighted by atomic mass is 9.77. The number of nitrogens with zero attached hydrogens (tertiary/aromatic N) is 1. The van der Waals surface area contributed by atoms with E-state index in [0.29, 0.717) is 31.3 Å². The number of piperidine rings is 1. The number of carboxylic acids is 1. The van der Waals surface area contributed by atoms with Crippen LogP contribution in [0.25, 0.3) is 0 Å². The van der Waals surface area contributed by atoms with Gasteiger partial charge in [-0.05, 0) is 43.7 Å². The van der Waals surface area contributed by atoms with Gasteiger partial charge in [-0.2, -0.15) is 0 Å². The molecule has 1 aliphatic heterocycles. The Kier molecular flexibility index (Phi) is 5.57. The van der Waals surface area contributed by atoms with Crippen molar-refractivity contribution in [2.24, 2.45) is 0 Å². The molecule has 2 atom stereocenters. The van der Waals surface area contributed by atoms with Gasteiger partial charge in [0.05, 0.1) is 0 Å². The summed E-state index contributed by atoms with van der Waals surface area (Å²) in [6.07, 6.45) is 6.49. The highest BCUT2D eigenvalue weighted by molar-refractivity contribution is 5.79. The van der Waals surface area contributed by atoms with Crippen LogP contribution in [0.3, 0.4) is 0 Å². The molecule has 0 aromatic heterocycles. The lowest BCUT2D eigenvalue weighted by molar-refractivity contribution is -0.147. The molecule has 2 aliphatic rings. The van der Waals surface area contributed by atoms with Crippen molar-refractivity contribution < 1.29 is 9.90 Å². The molecule has 3 rings (SSSR count). The summed E-state index contributed by atoms with van der Waals surface area (Å²) in [6, 6.07) is 11.4. The van der Waals surface area contributed by atoms with E-state index in [0.717, 1.165) is 13.1 Å². The van der Waals surface area contributed by atoms with E-state index in [9.17, 15) is 9.90 Å². The Balaban J connectivity index is 1.71. The molecule has 0 spiro atoms. The third-order valence-corrected chi connectivity index (χ3v) is 6.00. The van der Waals surface area contributed by atoms with E-state index in [1.54, 1.807) is 0 Å². The fourth-order valence-electron chi connectivity index (χ4n) is 4.68. The Hall–Kier alpha value is -1.39. The highest BCUT2D eigenvalue weighted by atomic mass is 16.4. The van der Waals surface area contributed by atoms with Crippen LogP contribution < -0.4 is 5.32 Å². The third-order valence-electron chi connectivity index (χ3n) is 6.00. The molecule has 2 fully saturated rings. The first kappa shape index (κ1) is 17.4. The molecule has 0 bridgehead atoms. The van der Waals surface area contributed by atoms with E-state index in [1.807, 2.05) is 6.92 Å². The van der Waals surface area contributed by atoms with E-state index < -0.39 is 11.5 Å². The fraction of sp³-hybridized carbons (Fsp3) is 0.650. The Morgan fingerprint density at radius 1 is 1.21 bits per heavy atom. The van der Waals surface area contributed by atoms with Gasteiger partial charge >= 0.3 is 5.97 Å². The molecular formula is C20H30N2O2.